The van der Waals surface area contributed by atoms with Gasteiger partial charge in [-0.2, -0.15) is 0 Å². The zero-order valence-corrected chi connectivity index (χ0v) is 16.3. The number of amides is 1. The Hall–Kier alpha value is -2.85. The van der Waals surface area contributed by atoms with E-state index in [1.54, 1.807) is 7.11 Å². The van der Waals surface area contributed by atoms with Gasteiger partial charge in [0.05, 0.1) is 13.2 Å². The van der Waals surface area contributed by atoms with Crippen LogP contribution in [0.25, 0.3) is 10.8 Å². The average molecular weight is 362 g/mol. The molecule has 0 saturated carbocycles. The molecule has 4 nitrogen and oxygen atoms in total. The SMILES string of the molecule is COc1ccc2cc(CN(C)[C@H](C)C(=O)Nc3cccc(C)c3)ccc2c1. The maximum absolute atomic E-state index is 12.6. The second-order valence-electron chi connectivity index (χ2n) is 7.00. The maximum Gasteiger partial charge on any atom is 0.241 e. The van der Waals surface area contributed by atoms with Crippen molar-refractivity contribution in [1.82, 2.24) is 4.90 Å². The number of ether oxygens (including phenoxy) is 1. The Morgan fingerprint density at radius 3 is 2.56 bits per heavy atom. The molecular weight excluding hydrogens is 336 g/mol. The number of fused-ring (bicyclic) bond motifs is 1. The van der Waals surface area contributed by atoms with E-state index in [-0.39, 0.29) is 11.9 Å². The molecule has 0 aliphatic heterocycles. The number of nitrogens with one attached hydrogen (secondary N) is 1. The summed E-state index contributed by atoms with van der Waals surface area (Å²) in [6.45, 7) is 4.64. The number of benzene rings is 3. The number of nitrogens with zero attached hydrogens (tertiary/aromatic N) is 1. The number of likely N-dealkylation sites (N-methyl/N-ethyl adjacent to an activating group) is 1. The van der Waals surface area contributed by atoms with E-state index in [0.29, 0.717) is 6.54 Å². The zero-order chi connectivity index (χ0) is 19.4. The van der Waals surface area contributed by atoms with E-state index in [2.05, 4.69) is 34.5 Å². The van der Waals surface area contributed by atoms with Crippen LogP contribution in [0.4, 0.5) is 5.69 Å². The van der Waals surface area contributed by atoms with E-state index in [1.165, 1.54) is 10.9 Å². The van der Waals surface area contributed by atoms with Crippen LogP contribution in [-0.2, 0) is 11.3 Å². The summed E-state index contributed by atoms with van der Waals surface area (Å²) in [6.07, 6.45) is 0. The third-order valence-electron chi connectivity index (χ3n) is 4.87. The highest BCUT2D eigenvalue weighted by Crippen LogP contribution is 2.22. The summed E-state index contributed by atoms with van der Waals surface area (Å²) >= 11 is 0. The summed E-state index contributed by atoms with van der Waals surface area (Å²) in [7, 11) is 3.65. The lowest BCUT2D eigenvalue weighted by molar-refractivity contribution is -0.120. The molecule has 3 rings (SSSR count). The van der Waals surface area contributed by atoms with Gasteiger partial charge >= 0.3 is 0 Å². The number of carbonyl (C=O) groups excluding carboxylic acids is 1. The molecule has 3 aromatic rings. The van der Waals surface area contributed by atoms with Crippen LogP contribution in [-0.4, -0.2) is 31.0 Å². The van der Waals surface area contributed by atoms with Gasteiger partial charge in [-0.3, -0.25) is 9.69 Å². The van der Waals surface area contributed by atoms with Gasteiger partial charge in [0.25, 0.3) is 0 Å². The predicted octanol–water partition coefficient (Wildman–Crippen LogP) is 4.62. The summed E-state index contributed by atoms with van der Waals surface area (Å²) < 4.78 is 5.28. The first-order valence-electron chi connectivity index (χ1n) is 9.11. The maximum atomic E-state index is 12.6. The Morgan fingerprint density at radius 2 is 1.81 bits per heavy atom. The van der Waals surface area contributed by atoms with E-state index in [1.807, 2.05) is 57.3 Å². The van der Waals surface area contributed by atoms with E-state index in [0.717, 1.165) is 22.4 Å². The second-order valence-corrected chi connectivity index (χ2v) is 7.00. The molecule has 0 bridgehead atoms. The van der Waals surface area contributed by atoms with E-state index in [4.69, 9.17) is 4.74 Å². The average Bonchev–Trinajstić information content (AvgIpc) is 2.66. The summed E-state index contributed by atoms with van der Waals surface area (Å²) in [6, 6.07) is 20.0. The lowest BCUT2D eigenvalue weighted by Crippen LogP contribution is -2.39. The standard InChI is InChI=1S/C23H26N2O2/c1-16-6-5-7-21(12-16)24-23(26)17(2)25(3)15-18-8-9-20-14-22(27-4)11-10-19(20)13-18/h5-14,17H,15H2,1-4H3,(H,24,26)/t17-/m1/s1. The van der Waals surface area contributed by atoms with Crippen molar-refractivity contribution >= 4 is 22.4 Å². The lowest BCUT2D eigenvalue weighted by atomic mass is 10.1. The molecule has 0 heterocycles. The summed E-state index contributed by atoms with van der Waals surface area (Å²) in [4.78, 5) is 14.6. The third-order valence-corrected chi connectivity index (χ3v) is 4.87. The van der Waals surface area contributed by atoms with Gasteiger partial charge in [0.2, 0.25) is 5.91 Å². The smallest absolute Gasteiger partial charge is 0.241 e. The molecule has 0 aromatic heterocycles. The highest BCUT2D eigenvalue weighted by Gasteiger charge is 2.18. The Labute approximate surface area is 160 Å². The quantitative estimate of drug-likeness (QED) is 0.696. The minimum absolute atomic E-state index is 0.00590. The molecule has 0 unspecified atom stereocenters. The summed E-state index contributed by atoms with van der Waals surface area (Å²) in [5.74, 6) is 0.849. The minimum Gasteiger partial charge on any atom is -0.497 e. The van der Waals surface area contributed by atoms with E-state index < -0.39 is 0 Å². The molecule has 4 heteroatoms. The minimum atomic E-state index is -0.239. The van der Waals surface area contributed by atoms with Crippen LogP contribution >= 0.6 is 0 Å². The molecule has 140 valence electrons. The van der Waals surface area contributed by atoms with Gasteiger partial charge in [0.15, 0.2) is 0 Å². The number of hydrogen-bond acceptors (Lipinski definition) is 3. The predicted molar refractivity (Wildman–Crippen MR) is 111 cm³/mol. The number of anilines is 1. The molecule has 0 aliphatic rings. The number of aryl methyl sites for hydroxylation is 1. The van der Waals surface area contributed by atoms with Crippen molar-refractivity contribution in [3.63, 3.8) is 0 Å². The van der Waals surface area contributed by atoms with Gasteiger partial charge in [-0.15, -0.1) is 0 Å². The molecule has 0 fully saturated rings. The molecule has 3 aromatic carbocycles. The topological polar surface area (TPSA) is 41.6 Å². The molecule has 0 saturated heterocycles. The monoisotopic (exact) mass is 362 g/mol. The van der Waals surface area contributed by atoms with Gasteiger partial charge in [0, 0.05) is 12.2 Å². The first kappa shape index (κ1) is 18.9. The van der Waals surface area contributed by atoms with Gasteiger partial charge in [-0.25, -0.2) is 0 Å². The highest BCUT2D eigenvalue weighted by atomic mass is 16.5. The highest BCUT2D eigenvalue weighted by molar-refractivity contribution is 5.94. The molecule has 0 spiro atoms. The summed E-state index contributed by atoms with van der Waals surface area (Å²) in [5.41, 5.74) is 3.13. The molecule has 1 atom stereocenters. The second kappa shape index (κ2) is 8.23. The van der Waals surface area contributed by atoms with Crippen molar-refractivity contribution in [1.29, 1.82) is 0 Å². The van der Waals surface area contributed by atoms with Crippen molar-refractivity contribution in [2.24, 2.45) is 0 Å². The Balaban J connectivity index is 1.67. The van der Waals surface area contributed by atoms with Crippen molar-refractivity contribution in [3.8, 4) is 5.75 Å². The van der Waals surface area contributed by atoms with Crippen molar-refractivity contribution in [3.05, 3.63) is 71.8 Å². The van der Waals surface area contributed by atoms with Gasteiger partial charge < -0.3 is 10.1 Å². The van der Waals surface area contributed by atoms with E-state index in [9.17, 15) is 4.79 Å². The first-order valence-corrected chi connectivity index (χ1v) is 9.11. The number of rotatable bonds is 6. The number of hydrogen-bond donors (Lipinski definition) is 1. The van der Waals surface area contributed by atoms with Crippen LogP contribution in [0.3, 0.4) is 0 Å². The van der Waals surface area contributed by atoms with E-state index >= 15 is 0 Å². The third kappa shape index (κ3) is 4.66. The summed E-state index contributed by atoms with van der Waals surface area (Å²) in [5, 5.41) is 5.31. The van der Waals surface area contributed by atoms with Crippen LogP contribution < -0.4 is 10.1 Å². The molecule has 0 radical (unpaired) electrons. The fraction of sp³-hybridized carbons (Fsp3) is 0.261. The van der Waals surface area contributed by atoms with Crippen LogP contribution in [0.5, 0.6) is 5.75 Å². The van der Waals surface area contributed by atoms with Crippen molar-refractivity contribution in [2.75, 3.05) is 19.5 Å². The Bertz CT molecular complexity index is 952. The van der Waals surface area contributed by atoms with Crippen LogP contribution in [0, 0.1) is 6.92 Å². The Kier molecular flexibility index (Phi) is 5.77. The van der Waals surface area contributed by atoms with Gasteiger partial charge in [-0.05, 0) is 73.1 Å². The molecule has 1 N–H and O–H groups in total. The number of methoxy groups -OCH3 is 1. The Morgan fingerprint density at radius 1 is 1.07 bits per heavy atom. The van der Waals surface area contributed by atoms with Crippen LogP contribution in [0.15, 0.2) is 60.7 Å². The molecule has 1 amide bonds. The van der Waals surface area contributed by atoms with Crippen molar-refractivity contribution < 1.29 is 9.53 Å². The zero-order valence-electron chi connectivity index (χ0n) is 16.3. The van der Waals surface area contributed by atoms with Gasteiger partial charge in [0.1, 0.15) is 5.75 Å². The molecule has 0 aliphatic carbocycles. The fourth-order valence-corrected chi connectivity index (χ4v) is 3.09. The largest absolute Gasteiger partial charge is 0.497 e. The molecular formula is C23H26N2O2. The normalized spacial score (nSPS) is 12.2. The lowest BCUT2D eigenvalue weighted by Gasteiger charge is -2.24. The first-order chi connectivity index (χ1) is 13.0. The molecule has 27 heavy (non-hydrogen) atoms. The van der Waals surface area contributed by atoms with Crippen molar-refractivity contribution in [2.45, 2.75) is 26.4 Å². The van der Waals surface area contributed by atoms with Crippen LogP contribution in [0.2, 0.25) is 0 Å². The van der Waals surface area contributed by atoms with Crippen LogP contribution in [0.1, 0.15) is 18.1 Å². The fourth-order valence-electron chi connectivity index (χ4n) is 3.09. The van der Waals surface area contributed by atoms with Gasteiger partial charge in [-0.1, -0.05) is 30.3 Å². The number of carbonyl (C=O) groups is 1.